The van der Waals surface area contributed by atoms with E-state index in [9.17, 15) is 9.59 Å². The van der Waals surface area contributed by atoms with E-state index in [4.69, 9.17) is 0 Å². The smallest absolute Gasteiger partial charge is 0.336 e. The minimum Gasteiger partial charge on any atom is -0.336 e. The molecule has 0 unspecified atom stereocenters. The Hall–Kier alpha value is -2.17. The van der Waals surface area contributed by atoms with Crippen LogP contribution in [0.2, 0.25) is 0 Å². The number of hydrogen-bond acceptors (Lipinski definition) is 3. The Morgan fingerprint density at radius 3 is 2.94 bits per heavy atom. The zero-order chi connectivity index (χ0) is 11.5. The van der Waals surface area contributed by atoms with Gasteiger partial charge in [0.25, 0.3) is 5.56 Å². The minimum atomic E-state index is -0.502. The number of fused-ring (bicyclic) bond motifs is 1. The summed E-state index contributed by atoms with van der Waals surface area (Å²) in [5.41, 5.74) is -0.399. The number of nitrogens with one attached hydrogen (secondary N) is 1. The Morgan fingerprint density at radius 2 is 2.19 bits per heavy atom. The number of hydrogen-bond donors (Lipinski definition) is 1. The van der Waals surface area contributed by atoms with Crippen LogP contribution in [0.1, 0.15) is 6.92 Å². The van der Waals surface area contributed by atoms with Crippen molar-refractivity contribution >= 4 is 16.8 Å². The van der Waals surface area contributed by atoms with Crippen LogP contribution >= 0.6 is 0 Å². The molecule has 82 valence electrons. The molecule has 0 bridgehead atoms. The quantitative estimate of drug-likeness (QED) is 0.774. The molecule has 0 fully saturated rings. The molecule has 2 aromatic rings. The highest BCUT2D eigenvalue weighted by atomic mass is 16.2. The van der Waals surface area contributed by atoms with Crippen molar-refractivity contribution in [3.05, 3.63) is 40.8 Å². The first-order valence-electron chi connectivity index (χ1n) is 4.99. The van der Waals surface area contributed by atoms with Crippen LogP contribution in [0.3, 0.4) is 0 Å². The first-order chi connectivity index (χ1) is 7.74. The molecule has 1 N–H and O–H groups in total. The van der Waals surface area contributed by atoms with E-state index < -0.39 is 11.6 Å². The van der Waals surface area contributed by atoms with E-state index in [1.54, 1.807) is 25.1 Å². The standard InChI is InChI=1S/C11H11N3O2/c1-2-12-11(16)14-10(15)9-6-4-3-5-8(9)7-13-14/h3-7H,2H2,1H3,(H,12,16). The third kappa shape index (κ3) is 1.67. The maximum Gasteiger partial charge on any atom is 0.345 e. The monoisotopic (exact) mass is 217 g/mol. The summed E-state index contributed by atoms with van der Waals surface area (Å²) in [6.45, 7) is 2.24. The predicted octanol–water partition coefficient (Wildman–Crippen LogP) is 0.974. The molecule has 5 nitrogen and oxygen atoms in total. The van der Waals surface area contributed by atoms with Crippen molar-refractivity contribution in [2.75, 3.05) is 6.54 Å². The number of carbonyl (C=O) groups is 1. The lowest BCUT2D eigenvalue weighted by Gasteiger charge is -2.04. The summed E-state index contributed by atoms with van der Waals surface area (Å²) < 4.78 is 0.839. The summed E-state index contributed by atoms with van der Waals surface area (Å²) in [5, 5.41) is 7.57. The number of carbonyl (C=O) groups excluding carboxylic acids is 1. The van der Waals surface area contributed by atoms with Crippen molar-refractivity contribution in [2.24, 2.45) is 0 Å². The average molecular weight is 217 g/mol. The van der Waals surface area contributed by atoms with Gasteiger partial charge in [0.15, 0.2) is 0 Å². The third-order valence-corrected chi connectivity index (χ3v) is 2.22. The van der Waals surface area contributed by atoms with Gasteiger partial charge in [-0.15, -0.1) is 4.68 Å². The van der Waals surface area contributed by atoms with Gasteiger partial charge in [-0.05, 0) is 13.0 Å². The van der Waals surface area contributed by atoms with E-state index in [2.05, 4.69) is 10.4 Å². The molecule has 1 aromatic heterocycles. The zero-order valence-electron chi connectivity index (χ0n) is 8.80. The molecular weight excluding hydrogens is 206 g/mol. The third-order valence-electron chi connectivity index (χ3n) is 2.22. The van der Waals surface area contributed by atoms with Gasteiger partial charge in [-0.1, -0.05) is 18.2 Å². The Labute approximate surface area is 91.7 Å². The van der Waals surface area contributed by atoms with Crippen molar-refractivity contribution in [2.45, 2.75) is 6.92 Å². The number of amides is 1. The highest BCUT2D eigenvalue weighted by Gasteiger charge is 2.09. The van der Waals surface area contributed by atoms with Crippen LogP contribution in [-0.4, -0.2) is 22.4 Å². The highest BCUT2D eigenvalue weighted by Crippen LogP contribution is 2.05. The summed E-state index contributed by atoms with van der Waals surface area (Å²) in [4.78, 5) is 23.4. The molecule has 0 aliphatic carbocycles. The second-order valence-electron chi connectivity index (χ2n) is 3.28. The topological polar surface area (TPSA) is 64.0 Å². The fraction of sp³-hybridized carbons (Fsp3) is 0.182. The van der Waals surface area contributed by atoms with Crippen LogP contribution in [0, 0.1) is 0 Å². The summed E-state index contributed by atoms with van der Waals surface area (Å²) >= 11 is 0. The van der Waals surface area contributed by atoms with Crippen molar-refractivity contribution in [3.8, 4) is 0 Å². The molecule has 0 spiro atoms. The van der Waals surface area contributed by atoms with Crippen molar-refractivity contribution < 1.29 is 4.79 Å². The van der Waals surface area contributed by atoms with Gasteiger partial charge in [-0.2, -0.15) is 5.10 Å². The molecule has 0 saturated heterocycles. The Kier molecular flexibility index (Phi) is 2.68. The first-order valence-corrected chi connectivity index (χ1v) is 4.99. The SMILES string of the molecule is CCNC(=O)n1ncc2ccccc2c1=O. The molecular formula is C11H11N3O2. The molecule has 0 atom stereocenters. The van der Waals surface area contributed by atoms with E-state index >= 15 is 0 Å². The second-order valence-corrected chi connectivity index (χ2v) is 3.28. The summed E-state index contributed by atoms with van der Waals surface area (Å²) in [6, 6.07) is 6.53. The molecule has 1 heterocycles. The van der Waals surface area contributed by atoms with Crippen LogP contribution in [0.15, 0.2) is 35.3 Å². The van der Waals surface area contributed by atoms with Crippen molar-refractivity contribution in [1.29, 1.82) is 0 Å². The molecule has 1 aromatic carbocycles. The lowest BCUT2D eigenvalue weighted by atomic mass is 10.2. The van der Waals surface area contributed by atoms with Gasteiger partial charge in [-0.3, -0.25) is 4.79 Å². The van der Waals surface area contributed by atoms with E-state index in [0.717, 1.165) is 10.1 Å². The largest absolute Gasteiger partial charge is 0.345 e. The van der Waals surface area contributed by atoms with Crippen molar-refractivity contribution in [3.63, 3.8) is 0 Å². The van der Waals surface area contributed by atoms with Gasteiger partial charge >= 0.3 is 6.03 Å². The van der Waals surface area contributed by atoms with Gasteiger partial charge in [0.05, 0.1) is 11.6 Å². The second kappa shape index (κ2) is 4.14. The molecule has 0 saturated carbocycles. The van der Waals surface area contributed by atoms with Gasteiger partial charge in [0.1, 0.15) is 0 Å². The predicted molar refractivity (Wildman–Crippen MR) is 60.5 cm³/mol. The van der Waals surface area contributed by atoms with E-state index in [1.165, 1.54) is 6.20 Å². The van der Waals surface area contributed by atoms with Crippen LogP contribution in [0.4, 0.5) is 4.79 Å². The Balaban J connectivity index is 2.61. The molecule has 2 rings (SSSR count). The van der Waals surface area contributed by atoms with Gasteiger partial charge in [0.2, 0.25) is 0 Å². The highest BCUT2D eigenvalue weighted by molar-refractivity contribution is 5.84. The van der Waals surface area contributed by atoms with Gasteiger partial charge in [0, 0.05) is 11.9 Å². The first kappa shape index (κ1) is 10.4. The van der Waals surface area contributed by atoms with Crippen molar-refractivity contribution in [1.82, 2.24) is 15.1 Å². The average Bonchev–Trinajstić information content (AvgIpc) is 2.30. The molecule has 1 amide bonds. The zero-order valence-corrected chi connectivity index (χ0v) is 8.80. The fourth-order valence-electron chi connectivity index (χ4n) is 1.46. The summed E-state index contributed by atoms with van der Waals surface area (Å²) in [7, 11) is 0. The number of nitrogens with zero attached hydrogens (tertiary/aromatic N) is 2. The van der Waals surface area contributed by atoms with Crippen LogP contribution in [-0.2, 0) is 0 Å². The van der Waals surface area contributed by atoms with Gasteiger partial charge < -0.3 is 5.32 Å². The summed E-state index contributed by atoms with van der Waals surface area (Å²) in [6.07, 6.45) is 1.51. The number of aromatic nitrogens is 2. The Bertz CT molecular complexity index is 589. The molecule has 0 aliphatic rings. The van der Waals surface area contributed by atoms with E-state index in [0.29, 0.717) is 11.9 Å². The minimum absolute atomic E-state index is 0.399. The summed E-state index contributed by atoms with van der Waals surface area (Å²) in [5.74, 6) is 0. The lowest BCUT2D eigenvalue weighted by Crippen LogP contribution is -2.37. The van der Waals surface area contributed by atoms with Gasteiger partial charge in [-0.25, -0.2) is 4.79 Å². The maximum atomic E-state index is 11.9. The molecule has 0 aliphatic heterocycles. The number of rotatable bonds is 1. The Morgan fingerprint density at radius 1 is 1.44 bits per heavy atom. The normalized spacial score (nSPS) is 10.3. The maximum absolute atomic E-state index is 11.9. The number of benzene rings is 1. The molecule has 0 radical (unpaired) electrons. The van der Waals surface area contributed by atoms with Crippen LogP contribution < -0.4 is 10.9 Å². The van der Waals surface area contributed by atoms with Crippen LogP contribution in [0.25, 0.3) is 10.8 Å². The molecule has 5 heteroatoms. The fourth-order valence-corrected chi connectivity index (χ4v) is 1.46. The van der Waals surface area contributed by atoms with E-state index in [1.807, 2.05) is 6.07 Å². The molecule has 16 heavy (non-hydrogen) atoms. The van der Waals surface area contributed by atoms with E-state index in [-0.39, 0.29) is 0 Å². The lowest BCUT2D eigenvalue weighted by molar-refractivity contribution is 0.239. The van der Waals surface area contributed by atoms with Crippen LogP contribution in [0.5, 0.6) is 0 Å².